The third-order valence-corrected chi connectivity index (χ3v) is 4.56. The minimum atomic E-state index is -0.109. The molecule has 1 aromatic rings. The molecule has 0 spiro atoms. The fourth-order valence-corrected chi connectivity index (χ4v) is 3.55. The standard InChI is InChI=1S/C16H18N2O2S/c17-14(21)9-10-5-7-11(8-6-10)18-15(19)12-3-1-2-4-13(12)16(18)20/h5-8,12-13H,1-4,9H2,(H2,17,21). The van der Waals surface area contributed by atoms with Gasteiger partial charge in [-0.25, -0.2) is 0 Å². The van der Waals surface area contributed by atoms with Crippen molar-refractivity contribution in [3.8, 4) is 0 Å². The number of fused-ring (bicyclic) bond motifs is 1. The molecule has 2 unspecified atom stereocenters. The summed E-state index contributed by atoms with van der Waals surface area (Å²) in [5.41, 5.74) is 7.17. The van der Waals surface area contributed by atoms with Crippen LogP contribution in [0.5, 0.6) is 0 Å². The van der Waals surface area contributed by atoms with Crippen molar-refractivity contribution in [1.29, 1.82) is 0 Å². The first-order valence-corrected chi connectivity index (χ1v) is 7.74. The number of anilines is 1. The van der Waals surface area contributed by atoms with Crippen LogP contribution in [-0.4, -0.2) is 16.8 Å². The van der Waals surface area contributed by atoms with E-state index in [1.165, 1.54) is 4.90 Å². The van der Waals surface area contributed by atoms with Crippen molar-refractivity contribution in [1.82, 2.24) is 0 Å². The zero-order valence-electron chi connectivity index (χ0n) is 11.7. The van der Waals surface area contributed by atoms with Gasteiger partial charge < -0.3 is 5.73 Å². The predicted molar refractivity (Wildman–Crippen MR) is 84.9 cm³/mol. The molecule has 1 aromatic carbocycles. The molecule has 110 valence electrons. The Morgan fingerprint density at radius 1 is 1.10 bits per heavy atom. The van der Waals surface area contributed by atoms with Crippen molar-refractivity contribution < 1.29 is 9.59 Å². The van der Waals surface area contributed by atoms with Gasteiger partial charge in [-0.1, -0.05) is 37.2 Å². The maximum absolute atomic E-state index is 12.5. The van der Waals surface area contributed by atoms with Crippen LogP contribution < -0.4 is 10.6 Å². The van der Waals surface area contributed by atoms with Gasteiger partial charge >= 0.3 is 0 Å². The Kier molecular flexibility index (Phi) is 3.76. The van der Waals surface area contributed by atoms with Gasteiger partial charge in [-0.2, -0.15) is 0 Å². The van der Waals surface area contributed by atoms with Gasteiger partial charge in [-0.15, -0.1) is 0 Å². The van der Waals surface area contributed by atoms with Gasteiger partial charge in [-0.3, -0.25) is 14.5 Å². The minimum absolute atomic E-state index is 0.0354. The molecule has 5 heteroatoms. The highest BCUT2D eigenvalue weighted by atomic mass is 32.1. The normalized spacial score (nSPS) is 25.0. The average Bonchev–Trinajstić information content (AvgIpc) is 2.72. The van der Waals surface area contributed by atoms with Crippen LogP contribution in [0.25, 0.3) is 0 Å². The van der Waals surface area contributed by atoms with Crippen LogP contribution in [0.4, 0.5) is 5.69 Å². The van der Waals surface area contributed by atoms with E-state index in [0.29, 0.717) is 17.1 Å². The van der Waals surface area contributed by atoms with Gasteiger partial charge in [0.15, 0.2) is 0 Å². The van der Waals surface area contributed by atoms with Crippen LogP contribution in [0.1, 0.15) is 31.2 Å². The molecule has 4 nitrogen and oxygen atoms in total. The largest absolute Gasteiger partial charge is 0.393 e. The summed E-state index contributed by atoms with van der Waals surface area (Å²) in [6.45, 7) is 0. The number of hydrogen-bond acceptors (Lipinski definition) is 3. The molecular formula is C16H18N2O2S. The van der Waals surface area contributed by atoms with E-state index < -0.39 is 0 Å². The van der Waals surface area contributed by atoms with E-state index in [2.05, 4.69) is 0 Å². The van der Waals surface area contributed by atoms with Crippen LogP contribution in [0, 0.1) is 11.8 Å². The number of rotatable bonds is 3. The van der Waals surface area contributed by atoms with Crippen LogP contribution in [0.3, 0.4) is 0 Å². The number of carbonyl (C=O) groups is 2. The molecule has 21 heavy (non-hydrogen) atoms. The Bertz CT molecular complexity index is 573. The summed E-state index contributed by atoms with van der Waals surface area (Å²) in [6, 6.07) is 7.36. The van der Waals surface area contributed by atoms with E-state index in [-0.39, 0.29) is 23.7 Å². The molecular weight excluding hydrogens is 284 g/mol. The second-order valence-electron chi connectivity index (χ2n) is 5.82. The zero-order valence-corrected chi connectivity index (χ0v) is 12.6. The molecule has 1 saturated carbocycles. The van der Waals surface area contributed by atoms with Crippen molar-refractivity contribution in [3.63, 3.8) is 0 Å². The third-order valence-electron chi connectivity index (χ3n) is 4.41. The van der Waals surface area contributed by atoms with Crippen molar-refractivity contribution in [2.45, 2.75) is 32.1 Å². The number of nitrogens with two attached hydrogens (primary N) is 1. The SMILES string of the molecule is NC(=S)Cc1ccc(N2C(=O)C3CCCCC3C2=O)cc1. The summed E-state index contributed by atoms with van der Waals surface area (Å²) in [5.74, 6) is -0.288. The van der Waals surface area contributed by atoms with E-state index in [1.54, 1.807) is 12.1 Å². The van der Waals surface area contributed by atoms with E-state index >= 15 is 0 Å². The quantitative estimate of drug-likeness (QED) is 0.687. The Morgan fingerprint density at radius 3 is 2.10 bits per heavy atom. The molecule has 0 bridgehead atoms. The summed E-state index contributed by atoms with van der Waals surface area (Å²) in [4.78, 5) is 26.8. The molecule has 3 rings (SSSR count). The monoisotopic (exact) mass is 302 g/mol. The molecule has 1 heterocycles. The Morgan fingerprint density at radius 2 is 1.62 bits per heavy atom. The second kappa shape index (κ2) is 5.56. The maximum Gasteiger partial charge on any atom is 0.237 e. The molecule has 2 aliphatic rings. The maximum atomic E-state index is 12.5. The number of benzene rings is 1. The first kappa shape index (κ1) is 14.2. The van der Waals surface area contributed by atoms with Gasteiger partial charge in [0.05, 0.1) is 22.5 Å². The first-order valence-electron chi connectivity index (χ1n) is 7.33. The van der Waals surface area contributed by atoms with E-state index in [1.807, 2.05) is 12.1 Å². The summed E-state index contributed by atoms with van der Waals surface area (Å²) >= 11 is 4.88. The first-order chi connectivity index (χ1) is 10.1. The molecule has 1 aliphatic heterocycles. The fourth-order valence-electron chi connectivity index (χ4n) is 3.38. The van der Waals surface area contributed by atoms with Crippen LogP contribution in [0.15, 0.2) is 24.3 Å². The van der Waals surface area contributed by atoms with E-state index in [9.17, 15) is 9.59 Å². The number of imide groups is 1. The molecule has 2 atom stereocenters. The Hall–Kier alpha value is -1.75. The van der Waals surface area contributed by atoms with E-state index in [4.69, 9.17) is 18.0 Å². The summed E-state index contributed by atoms with van der Waals surface area (Å²) in [5, 5.41) is 0. The molecule has 1 aliphatic carbocycles. The van der Waals surface area contributed by atoms with Crippen molar-refractivity contribution in [2.75, 3.05) is 4.90 Å². The lowest BCUT2D eigenvalue weighted by atomic mass is 9.81. The second-order valence-corrected chi connectivity index (χ2v) is 6.34. The van der Waals surface area contributed by atoms with Crippen LogP contribution in [0.2, 0.25) is 0 Å². The highest BCUT2D eigenvalue weighted by Crippen LogP contribution is 2.39. The van der Waals surface area contributed by atoms with Crippen molar-refractivity contribution in [3.05, 3.63) is 29.8 Å². The lowest BCUT2D eigenvalue weighted by molar-refractivity contribution is -0.122. The number of amides is 2. The third kappa shape index (κ3) is 2.58. The molecule has 2 N–H and O–H groups in total. The van der Waals surface area contributed by atoms with Crippen LogP contribution in [-0.2, 0) is 16.0 Å². The van der Waals surface area contributed by atoms with Gasteiger partial charge in [-0.05, 0) is 30.5 Å². The predicted octanol–water partition coefficient (Wildman–Crippen LogP) is 2.19. The molecule has 0 aromatic heterocycles. The number of thiocarbonyl (C=S) groups is 1. The highest BCUT2D eigenvalue weighted by Gasteiger charge is 2.48. The lowest BCUT2D eigenvalue weighted by Gasteiger charge is -2.19. The molecule has 2 fully saturated rings. The minimum Gasteiger partial charge on any atom is -0.393 e. The summed E-state index contributed by atoms with van der Waals surface area (Å²) in [6.07, 6.45) is 4.29. The number of nitrogens with zero attached hydrogens (tertiary/aromatic N) is 1. The average molecular weight is 302 g/mol. The van der Waals surface area contributed by atoms with Crippen LogP contribution >= 0.6 is 12.2 Å². The van der Waals surface area contributed by atoms with Gasteiger partial charge in [0.2, 0.25) is 11.8 Å². The summed E-state index contributed by atoms with van der Waals surface area (Å²) < 4.78 is 0. The molecule has 1 saturated heterocycles. The van der Waals surface area contributed by atoms with Crippen molar-refractivity contribution >= 4 is 34.7 Å². The highest BCUT2D eigenvalue weighted by molar-refractivity contribution is 7.80. The molecule has 0 radical (unpaired) electrons. The summed E-state index contributed by atoms with van der Waals surface area (Å²) in [7, 11) is 0. The van der Waals surface area contributed by atoms with Gasteiger partial charge in [0.25, 0.3) is 0 Å². The lowest BCUT2D eigenvalue weighted by Crippen LogP contribution is -2.30. The smallest absolute Gasteiger partial charge is 0.237 e. The number of carbonyl (C=O) groups excluding carboxylic acids is 2. The van der Waals surface area contributed by atoms with E-state index in [0.717, 1.165) is 31.2 Å². The topological polar surface area (TPSA) is 63.4 Å². The Labute approximate surface area is 129 Å². The molecule has 2 amide bonds. The van der Waals surface area contributed by atoms with Crippen molar-refractivity contribution in [2.24, 2.45) is 17.6 Å². The Balaban J connectivity index is 1.84. The fraction of sp³-hybridized carbons (Fsp3) is 0.438. The zero-order chi connectivity index (χ0) is 15.0. The van der Waals surface area contributed by atoms with Gasteiger partial charge in [0, 0.05) is 6.42 Å². The van der Waals surface area contributed by atoms with Gasteiger partial charge in [0.1, 0.15) is 0 Å². The number of hydrogen-bond donors (Lipinski definition) is 1.